The van der Waals surface area contributed by atoms with Gasteiger partial charge < -0.3 is 4.74 Å². The third-order valence-corrected chi connectivity index (χ3v) is 8.38. The summed E-state index contributed by atoms with van der Waals surface area (Å²) in [6, 6.07) is 24.5. The Morgan fingerprint density at radius 2 is 1.10 bits per heavy atom. The Bertz CT molecular complexity index is 1050. The lowest BCUT2D eigenvalue weighted by molar-refractivity contribution is 0.0734. The molecular weight excluding hydrogens is 496 g/mol. The molecule has 3 aromatic rings. The number of rotatable bonds is 19. The van der Waals surface area contributed by atoms with Crippen LogP contribution in [0.1, 0.15) is 113 Å². The lowest BCUT2D eigenvalue weighted by Gasteiger charge is -2.08. The molecule has 3 heteroatoms. The zero-order valence-corrected chi connectivity index (χ0v) is 25.1. The van der Waals surface area contributed by atoms with Crippen molar-refractivity contribution in [3.05, 3.63) is 83.9 Å². The van der Waals surface area contributed by atoms with Crippen LogP contribution < -0.4 is 4.74 Å². The monoisotopic (exact) mass is 544 g/mol. The first kappa shape index (κ1) is 31.0. The van der Waals surface area contributed by atoms with Gasteiger partial charge in [0.05, 0.1) is 5.56 Å². The molecule has 0 radical (unpaired) electrons. The van der Waals surface area contributed by atoms with Crippen LogP contribution in [0.15, 0.2) is 77.7 Å². The Hall–Kier alpha value is -2.52. The first-order valence-electron chi connectivity index (χ1n) is 15.3. The predicted molar refractivity (Wildman–Crippen MR) is 169 cm³/mol. The van der Waals surface area contributed by atoms with E-state index < -0.39 is 0 Å². The molecular formula is C36H48O2S. The van der Waals surface area contributed by atoms with Gasteiger partial charge in [-0.3, -0.25) is 0 Å². The van der Waals surface area contributed by atoms with Crippen molar-refractivity contribution in [1.29, 1.82) is 0 Å². The van der Waals surface area contributed by atoms with Crippen molar-refractivity contribution >= 4 is 17.7 Å². The van der Waals surface area contributed by atoms with Crippen molar-refractivity contribution in [3.8, 4) is 16.9 Å². The summed E-state index contributed by atoms with van der Waals surface area (Å²) in [7, 11) is 0. The van der Waals surface area contributed by atoms with Crippen LogP contribution in [0.4, 0.5) is 0 Å². The Balaban J connectivity index is 1.39. The summed E-state index contributed by atoms with van der Waals surface area (Å²) in [4.78, 5) is 14.0. The third kappa shape index (κ3) is 12.0. The Morgan fingerprint density at radius 3 is 1.69 bits per heavy atom. The number of ether oxygens (including phenoxy) is 1. The summed E-state index contributed by atoms with van der Waals surface area (Å²) in [5, 5.41) is 0. The smallest absolute Gasteiger partial charge is 0.343 e. The maximum atomic E-state index is 12.7. The van der Waals surface area contributed by atoms with Gasteiger partial charge >= 0.3 is 5.97 Å². The molecule has 0 bridgehead atoms. The van der Waals surface area contributed by atoms with Gasteiger partial charge in [-0.2, -0.15) is 0 Å². The highest BCUT2D eigenvalue weighted by molar-refractivity contribution is 7.99. The summed E-state index contributed by atoms with van der Waals surface area (Å²) in [6.45, 7) is 4.52. The molecule has 0 N–H and O–H groups in total. The molecule has 0 saturated heterocycles. The molecule has 0 aliphatic heterocycles. The molecule has 0 heterocycles. The van der Waals surface area contributed by atoms with E-state index in [9.17, 15) is 4.79 Å². The largest absolute Gasteiger partial charge is 0.423 e. The highest BCUT2D eigenvalue weighted by Crippen LogP contribution is 2.27. The first-order chi connectivity index (χ1) is 19.2. The number of benzene rings is 3. The molecule has 3 rings (SSSR count). The minimum atomic E-state index is -0.308. The number of carbonyl (C=O) groups is 1. The van der Waals surface area contributed by atoms with Crippen molar-refractivity contribution in [3.63, 3.8) is 0 Å². The summed E-state index contributed by atoms with van der Waals surface area (Å²) in [5.74, 6) is 1.45. The van der Waals surface area contributed by atoms with Gasteiger partial charge in [0.1, 0.15) is 5.75 Å². The van der Waals surface area contributed by atoms with E-state index in [0.29, 0.717) is 11.3 Å². The molecule has 0 unspecified atom stereocenters. The van der Waals surface area contributed by atoms with E-state index in [1.54, 1.807) is 0 Å². The lowest BCUT2D eigenvalue weighted by atomic mass is 10.0. The number of carbonyl (C=O) groups excluding carboxylic acids is 1. The summed E-state index contributed by atoms with van der Waals surface area (Å²) in [6.07, 6.45) is 18.3. The maximum Gasteiger partial charge on any atom is 0.343 e. The zero-order valence-electron chi connectivity index (χ0n) is 24.3. The molecule has 0 aromatic heterocycles. The van der Waals surface area contributed by atoms with Gasteiger partial charge in [-0.1, -0.05) is 121 Å². The molecule has 0 amide bonds. The number of aryl methyl sites for hydroxylation is 1. The average Bonchev–Trinajstić information content (AvgIpc) is 2.97. The lowest BCUT2D eigenvalue weighted by Crippen LogP contribution is -2.08. The van der Waals surface area contributed by atoms with E-state index in [1.165, 1.54) is 105 Å². The van der Waals surface area contributed by atoms with Gasteiger partial charge in [0.2, 0.25) is 0 Å². The molecule has 0 saturated carbocycles. The number of hydrogen-bond acceptors (Lipinski definition) is 3. The number of thioether (sulfide) groups is 1. The van der Waals surface area contributed by atoms with Crippen molar-refractivity contribution < 1.29 is 9.53 Å². The van der Waals surface area contributed by atoms with E-state index in [4.69, 9.17) is 4.74 Å². The second-order valence-corrected chi connectivity index (χ2v) is 11.8. The summed E-state index contributed by atoms with van der Waals surface area (Å²) in [5.41, 5.74) is 4.18. The highest BCUT2D eigenvalue weighted by Gasteiger charge is 2.09. The van der Waals surface area contributed by atoms with E-state index in [2.05, 4.69) is 50.2 Å². The van der Waals surface area contributed by atoms with Crippen LogP contribution in [0.3, 0.4) is 0 Å². The van der Waals surface area contributed by atoms with Gasteiger partial charge in [-0.05, 0) is 78.1 Å². The van der Waals surface area contributed by atoms with Crippen molar-refractivity contribution in [2.75, 3.05) is 5.75 Å². The van der Waals surface area contributed by atoms with Crippen LogP contribution in [0.25, 0.3) is 11.1 Å². The Labute approximate surface area is 242 Å². The minimum Gasteiger partial charge on any atom is -0.423 e. The Morgan fingerprint density at radius 1 is 0.590 bits per heavy atom. The molecule has 0 atom stereocenters. The second-order valence-electron chi connectivity index (χ2n) is 10.6. The minimum absolute atomic E-state index is 0.308. The van der Waals surface area contributed by atoms with Crippen LogP contribution in [0, 0.1) is 0 Å². The Kier molecular flexibility index (Phi) is 14.9. The van der Waals surface area contributed by atoms with E-state index in [0.717, 1.165) is 12.0 Å². The van der Waals surface area contributed by atoms with Crippen LogP contribution in [-0.2, 0) is 6.42 Å². The van der Waals surface area contributed by atoms with Gasteiger partial charge in [0.15, 0.2) is 0 Å². The molecule has 0 fully saturated rings. The fourth-order valence-electron chi connectivity index (χ4n) is 4.79. The van der Waals surface area contributed by atoms with E-state index in [1.807, 2.05) is 48.2 Å². The normalized spacial score (nSPS) is 11.0. The molecule has 39 heavy (non-hydrogen) atoms. The van der Waals surface area contributed by atoms with Crippen LogP contribution in [0.5, 0.6) is 5.75 Å². The molecule has 2 nitrogen and oxygen atoms in total. The second kappa shape index (κ2) is 18.7. The maximum absolute atomic E-state index is 12.7. The fourth-order valence-corrected chi connectivity index (χ4v) is 5.70. The molecule has 0 spiro atoms. The average molecular weight is 545 g/mol. The number of hydrogen-bond donors (Lipinski definition) is 0. The summed E-state index contributed by atoms with van der Waals surface area (Å²) >= 11 is 1.95. The van der Waals surface area contributed by atoms with E-state index >= 15 is 0 Å². The van der Waals surface area contributed by atoms with Gasteiger partial charge in [-0.25, -0.2) is 4.79 Å². The van der Waals surface area contributed by atoms with E-state index in [-0.39, 0.29) is 5.97 Å². The molecule has 3 aromatic carbocycles. The van der Waals surface area contributed by atoms with Crippen molar-refractivity contribution in [1.82, 2.24) is 0 Å². The first-order valence-corrected chi connectivity index (χ1v) is 16.3. The van der Waals surface area contributed by atoms with Crippen LogP contribution in [0.2, 0.25) is 0 Å². The van der Waals surface area contributed by atoms with Crippen molar-refractivity contribution in [2.24, 2.45) is 0 Å². The topological polar surface area (TPSA) is 26.3 Å². The van der Waals surface area contributed by atoms with Crippen molar-refractivity contribution in [2.45, 2.75) is 109 Å². The fraction of sp³-hybridized carbons (Fsp3) is 0.472. The number of esters is 1. The van der Waals surface area contributed by atoms with Gasteiger partial charge in [0.25, 0.3) is 0 Å². The molecule has 0 aliphatic carbocycles. The van der Waals surface area contributed by atoms with Gasteiger partial charge in [-0.15, -0.1) is 11.8 Å². The van der Waals surface area contributed by atoms with Crippen LogP contribution in [-0.4, -0.2) is 11.7 Å². The van der Waals surface area contributed by atoms with Crippen LogP contribution >= 0.6 is 11.8 Å². The molecule has 210 valence electrons. The standard InChI is InChI=1S/C36H48O2S/c1-3-5-7-9-11-12-14-16-30-17-19-33(20-18-30)36(37)38-34-25-21-31(22-26-34)32-23-27-35(28-24-32)39-29-15-13-10-8-6-4-2/h17-28H,3-16,29H2,1-2H3. The SMILES string of the molecule is CCCCCCCCCc1ccc(C(=O)Oc2ccc(-c3ccc(SCCCCCCCC)cc3)cc2)cc1. The predicted octanol–water partition coefficient (Wildman–Crippen LogP) is 11.3. The summed E-state index contributed by atoms with van der Waals surface area (Å²) < 4.78 is 5.64. The van der Waals surface area contributed by atoms with Gasteiger partial charge in [0, 0.05) is 4.90 Å². The quantitative estimate of drug-likeness (QED) is 0.0649. The zero-order chi connectivity index (χ0) is 27.5. The number of unbranched alkanes of at least 4 members (excludes halogenated alkanes) is 11. The third-order valence-electron chi connectivity index (χ3n) is 7.28. The highest BCUT2D eigenvalue weighted by atomic mass is 32.2. The molecule has 0 aliphatic rings.